The van der Waals surface area contributed by atoms with Gasteiger partial charge < -0.3 is 10.0 Å². The molecular formula is C9H15NO2. The minimum absolute atomic E-state index is 0.0744. The number of rotatable bonds is 2. The summed E-state index contributed by atoms with van der Waals surface area (Å²) in [6.07, 6.45) is 2.30. The van der Waals surface area contributed by atoms with Crippen LogP contribution < -0.4 is 0 Å². The van der Waals surface area contributed by atoms with Gasteiger partial charge in [-0.05, 0) is 13.3 Å². The molecule has 1 fully saturated rings. The molecule has 0 atom stereocenters. The second-order valence-electron chi connectivity index (χ2n) is 3.03. The zero-order chi connectivity index (χ0) is 9.14. The van der Waals surface area contributed by atoms with Crippen molar-refractivity contribution in [3.63, 3.8) is 0 Å². The lowest BCUT2D eigenvalue weighted by molar-refractivity contribution is -0.137. The molecule has 1 saturated heterocycles. The van der Waals surface area contributed by atoms with Crippen molar-refractivity contribution in [2.45, 2.75) is 26.4 Å². The van der Waals surface area contributed by atoms with Crippen LogP contribution in [-0.2, 0) is 4.79 Å². The van der Waals surface area contributed by atoms with E-state index in [9.17, 15) is 4.79 Å². The molecule has 1 aliphatic heterocycles. The standard InChI is InChI=1S/C9H15NO2/c1-3-7(4-2)9(12)10-5-8(11)6-10/h3,8,11H,4-6H2,1-2H3/b7-3+. The fraction of sp³-hybridized carbons (Fsp3) is 0.667. The molecule has 1 rings (SSSR count). The van der Waals surface area contributed by atoms with E-state index in [0.29, 0.717) is 13.1 Å². The highest BCUT2D eigenvalue weighted by atomic mass is 16.3. The first-order chi connectivity index (χ1) is 5.69. The minimum atomic E-state index is -0.302. The molecule has 3 nitrogen and oxygen atoms in total. The van der Waals surface area contributed by atoms with Gasteiger partial charge in [0.05, 0.1) is 6.10 Å². The largest absolute Gasteiger partial charge is 0.389 e. The molecule has 1 heterocycles. The fourth-order valence-electron chi connectivity index (χ4n) is 1.30. The number of amides is 1. The van der Waals surface area contributed by atoms with Crippen LogP contribution in [0.5, 0.6) is 0 Å². The number of carbonyl (C=O) groups excluding carboxylic acids is 1. The lowest BCUT2D eigenvalue weighted by Gasteiger charge is -2.36. The first-order valence-electron chi connectivity index (χ1n) is 4.31. The Morgan fingerprint density at radius 3 is 2.58 bits per heavy atom. The van der Waals surface area contributed by atoms with Gasteiger partial charge in [-0.15, -0.1) is 0 Å². The molecule has 0 aromatic heterocycles. The zero-order valence-electron chi connectivity index (χ0n) is 7.58. The minimum Gasteiger partial charge on any atom is -0.389 e. The maximum atomic E-state index is 11.5. The number of hydrogen-bond acceptors (Lipinski definition) is 2. The van der Waals surface area contributed by atoms with E-state index in [0.717, 1.165) is 12.0 Å². The third-order valence-electron chi connectivity index (χ3n) is 2.15. The molecular weight excluding hydrogens is 154 g/mol. The van der Waals surface area contributed by atoms with Crippen LogP contribution in [0, 0.1) is 0 Å². The number of aliphatic hydroxyl groups excluding tert-OH is 1. The number of hydrogen-bond donors (Lipinski definition) is 1. The van der Waals surface area contributed by atoms with E-state index in [-0.39, 0.29) is 12.0 Å². The molecule has 0 unspecified atom stereocenters. The van der Waals surface area contributed by atoms with E-state index >= 15 is 0 Å². The Bertz CT molecular complexity index is 205. The van der Waals surface area contributed by atoms with Crippen LogP contribution in [0.4, 0.5) is 0 Å². The van der Waals surface area contributed by atoms with Gasteiger partial charge in [-0.2, -0.15) is 0 Å². The molecule has 0 aromatic rings. The van der Waals surface area contributed by atoms with Crippen molar-refractivity contribution in [1.29, 1.82) is 0 Å². The van der Waals surface area contributed by atoms with Gasteiger partial charge in [0.1, 0.15) is 0 Å². The molecule has 12 heavy (non-hydrogen) atoms. The summed E-state index contributed by atoms with van der Waals surface area (Å²) in [6, 6.07) is 0. The average Bonchev–Trinajstić information content (AvgIpc) is 2.01. The fourth-order valence-corrected chi connectivity index (χ4v) is 1.30. The van der Waals surface area contributed by atoms with Gasteiger partial charge >= 0.3 is 0 Å². The predicted molar refractivity (Wildman–Crippen MR) is 46.6 cm³/mol. The maximum Gasteiger partial charge on any atom is 0.249 e. The molecule has 1 N–H and O–H groups in total. The van der Waals surface area contributed by atoms with Crippen LogP contribution in [0.25, 0.3) is 0 Å². The summed E-state index contributed by atoms with van der Waals surface area (Å²) in [7, 11) is 0. The monoisotopic (exact) mass is 169 g/mol. The van der Waals surface area contributed by atoms with Gasteiger partial charge in [-0.1, -0.05) is 13.0 Å². The van der Waals surface area contributed by atoms with Crippen LogP contribution in [0.1, 0.15) is 20.3 Å². The third kappa shape index (κ3) is 1.67. The van der Waals surface area contributed by atoms with Crippen LogP contribution in [0.3, 0.4) is 0 Å². The number of aliphatic hydroxyl groups is 1. The Morgan fingerprint density at radius 1 is 1.67 bits per heavy atom. The van der Waals surface area contributed by atoms with Crippen molar-refractivity contribution in [2.75, 3.05) is 13.1 Å². The Hall–Kier alpha value is -0.830. The number of allylic oxidation sites excluding steroid dienone is 1. The lowest BCUT2D eigenvalue weighted by atomic mass is 10.1. The third-order valence-corrected chi connectivity index (χ3v) is 2.15. The first kappa shape index (κ1) is 9.26. The smallest absolute Gasteiger partial charge is 0.249 e. The molecule has 0 aliphatic carbocycles. The average molecular weight is 169 g/mol. The highest BCUT2D eigenvalue weighted by Crippen LogP contribution is 2.13. The highest BCUT2D eigenvalue weighted by Gasteiger charge is 2.29. The summed E-state index contributed by atoms with van der Waals surface area (Å²) in [4.78, 5) is 13.1. The summed E-state index contributed by atoms with van der Waals surface area (Å²) >= 11 is 0. The van der Waals surface area contributed by atoms with E-state index in [1.807, 2.05) is 19.9 Å². The molecule has 0 aromatic carbocycles. The predicted octanol–water partition coefficient (Wildman–Crippen LogP) is 0.546. The molecule has 0 radical (unpaired) electrons. The first-order valence-corrected chi connectivity index (χ1v) is 4.31. The maximum absolute atomic E-state index is 11.5. The summed E-state index contributed by atoms with van der Waals surface area (Å²) in [5.74, 6) is 0.0744. The van der Waals surface area contributed by atoms with Crippen LogP contribution in [0.2, 0.25) is 0 Å². The van der Waals surface area contributed by atoms with E-state index in [4.69, 9.17) is 5.11 Å². The molecule has 0 bridgehead atoms. The number of β-amino-alcohol motifs (C(OH)–C–C–N with tert-alkyl or cyclic N) is 1. The van der Waals surface area contributed by atoms with Crippen LogP contribution >= 0.6 is 0 Å². The van der Waals surface area contributed by atoms with Gasteiger partial charge in [0, 0.05) is 18.7 Å². The lowest BCUT2D eigenvalue weighted by Crippen LogP contribution is -2.53. The van der Waals surface area contributed by atoms with Crippen molar-refractivity contribution in [1.82, 2.24) is 4.90 Å². The van der Waals surface area contributed by atoms with Crippen molar-refractivity contribution in [2.24, 2.45) is 0 Å². The van der Waals surface area contributed by atoms with Crippen molar-refractivity contribution in [3.8, 4) is 0 Å². The molecule has 3 heteroatoms. The molecule has 1 aliphatic rings. The number of carbonyl (C=O) groups is 1. The van der Waals surface area contributed by atoms with Crippen molar-refractivity contribution >= 4 is 5.91 Å². The summed E-state index contributed by atoms with van der Waals surface area (Å²) in [5.41, 5.74) is 0.835. The molecule has 1 amide bonds. The molecule has 0 spiro atoms. The highest BCUT2D eigenvalue weighted by molar-refractivity contribution is 5.93. The topological polar surface area (TPSA) is 40.5 Å². The second-order valence-corrected chi connectivity index (χ2v) is 3.03. The number of likely N-dealkylation sites (tertiary alicyclic amines) is 1. The normalized spacial score (nSPS) is 19.2. The van der Waals surface area contributed by atoms with E-state index < -0.39 is 0 Å². The SMILES string of the molecule is C/C=C(\CC)C(=O)N1CC(O)C1. The van der Waals surface area contributed by atoms with Crippen molar-refractivity contribution < 1.29 is 9.90 Å². The summed E-state index contributed by atoms with van der Waals surface area (Å²) < 4.78 is 0. The Labute approximate surface area is 72.7 Å². The van der Waals surface area contributed by atoms with Gasteiger partial charge in [-0.3, -0.25) is 4.79 Å². The molecule has 0 saturated carbocycles. The Morgan fingerprint density at radius 2 is 2.25 bits per heavy atom. The molecule has 68 valence electrons. The quantitative estimate of drug-likeness (QED) is 0.613. The van der Waals surface area contributed by atoms with E-state index in [1.54, 1.807) is 4.90 Å². The van der Waals surface area contributed by atoms with Gasteiger partial charge in [0.2, 0.25) is 5.91 Å². The Balaban J connectivity index is 2.48. The summed E-state index contributed by atoms with van der Waals surface area (Å²) in [5, 5.41) is 8.98. The number of nitrogens with zero attached hydrogens (tertiary/aromatic N) is 1. The summed E-state index contributed by atoms with van der Waals surface area (Å²) in [6.45, 7) is 4.82. The van der Waals surface area contributed by atoms with Crippen LogP contribution in [-0.4, -0.2) is 35.1 Å². The second kappa shape index (κ2) is 3.72. The van der Waals surface area contributed by atoms with Crippen LogP contribution in [0.15, 0.2) is 11.6 Å². The zero-order valence-corrected chi connectivity index (χ0v) is 7.58. The van der Waals surface area contributed by atoms with E-state index in [1.165, 1.54) is 0 Å². The van der Waals surface area contributed by atoms with Gasteiger partial charge in [-0.25, -0.2) is 0 Å². The van der Waals surface area contributed by atoms with Gasteiger partial charge in [0.15, 0.2) is 0 Å². The van der Waals surface area contributed by atoms with Gasteiger partial charge in [0.25, 0.3) is 0 Å². The van der Waals surface area contributed by atoms with Crippen molar-refractivity contribution in [3.05, 3.63) is 11.6 Å². The van der Waals surface area contributed by atoms with E-state index in [2.05, 4.69) is 0 Å². The Kier molecular flexibility index (Phi) is 2.87.